The van der Waals surface area contributed by atoms with Crippen LogP contribution in [0.3, 0.4) is 0 Å². The highest BCUT2D eigenvalue weighted by atomic mass is 32.1. The number of carboxylic acid groups (broad SMARTS) is 2. The van der Waals surface area contributed by atoms with Gasteiger partial charge in [-0.3, -0.25) is 38.4 Å². The number of imidazole rings is 1. The van der Waals surface area contributed by atoms with Crippen molar-refractivity contribution in [3.63, 3.8) is 0 Å². The Bertz CT molecular complexity index is 2120. The normalized spacial score (nSPS) is 14.9. The van der Waals surface area contributed by atoms with Crippen LogP contribution in [0.15, 0.2) is 43.0 Å². The average Bonchev–Trinajstić information content (AvgIpc) is 3.91. The van der Waals surface area contributed by atoms with E-state index in [1.54, 1.807) is 40.0 Å². The Morgan fingerprint density at radius 1 is 0.672 bits per heavy atom. The maximum absolute atomic E-state index is 13.8. The summed E-state index contributed by atoms with van der Waals surface area (Å²) in [6.07, 6.45) is 3.67. The van der Waals surface area contributed by atoms with Gasteiger partial charge in [0.15, 0.2) is 0 Å². The minimum Gasteiger partial charge on any atom is -0.481 e. The van der Waals surface area contributed by atoms with Crippen LogP contribution >= 0.6 is 25.3 Å². The molecule has 7 amide bonds. The maximum Gasteiger partial charge on any atom is 0.326 e. The molecule has 0 spiro atoms. The van der Waals surface area contributed by atoms with Gasteiger partial charge in [0.25, 0.3) is 0 Å². The van der Waals surface area contributed by atoms with Crippen LogP contribution in [0.1, 0.15) is 65.1 Å². The fraction of sp³-hybridized carbons (Fsp3) is 0.512. The predicted molar refractivity (Wildman–Crippen MR) is 240 cm³/mol. The minimum atomic E-state index is -1.78. The van der Waals surface area contributed by atoms with Gasteiger partial charge in [-0.05, 0) is 29.9 Å². The van der Waals surface area contributed by atoms with Gasteiger partial charge in [0.05, 0.1) is 12.7 Å². The molecule has 0 fully saturated rings. The zero-order valence-electron chi connectivity index (χ0n) is 36.1. The summed E-state index contributed by atoms with van der Waals surface area (Å²) >= 11 is 8.31. The molecule has 2 aromatic heterocycles. The number of carboxylic acids is 2. The molecular weight excluding hydrogens is 873 g/mol. The Kier molecular flexibility index (Phi) is 20.6. The average molecular weight is 931 g/mol. The molecular formula is C41H58N10O11S2. The van der Waals surface area contributed by atoms with Gasteiger partial charge in [0.1, 0.15) is 42.3 Å². The van der Waals surface area contributed by atoms with Crippen LogP contribution in [0, 0.1) is 11.8 Å². The van der Waals surface area contributed by atoms with Gasteiger partial charge < -0.3 is 57.4 Å². The first kappa shape index (κ1) is 52.2. The summed E-state index contributed by atoms with van der Waals surface area (Å²) in [5.74, 6) is -9.84. The van der Waals surface area contributed by atoms with Crippen molar-refractivity contribution in [2.75, 3.05) is 11.5 Å². The molecule has 0 aliphatic heterocycles. The number of para-hydroxylation sites is 1. The molecule has 350 valence electrons. The SMILES string of the molecule is CC[C@H](C)[C@H](NC(=O)[C@H](CS)NC(=O)[C@H](CC(=O)O)NC(=O)[C@H](CC(C)C)NC(=O)[C@H](Cc1cnc[nH]1)NC(=O)[C@H](CS)NC(C)=O)C(=O)N[C@@H](Cc1c[nH]c2ccccc12)C(=O)O. The fourth-order valence-corrected chi connectivity index (χ4v) is 7.09. The van der Waals surface area contributed by atoms with Crippen LogP contribution in [0.4, 0.5) is 0 Å². The van der Waals surface area contributed by atoms with Crippen molar-refractivity contribution < 1.29 is 53.4 Å². The molecule has 21 nitrogen and oxygen atoms in total. The molecule has 0 aliphatic carbocycles. The first-order valence-electron chi connectivity index (χ1n) is 20.6. The molecule has 0 saturated carbocycles. The molecule has 3 rings (SSSR count). The largest absolute Gasteiger partial charge is 0.481 e. The smallest absolute Gasteiger partial charge is 0.326 e. The van der Waals surface area contributed by atoms with Crippen LogP contribution in [0.2, 0.25) is 0 Å². The molecule has 64 heavy (non-hydrogen) atoms. The number of aromatic nitrogens is 3. The van der Waals surface area contributed by atoms with Gasteiger partial charge in [-0.25, -0.2) is 9.78 Å². The quantitative estimate of drug-likeness (QED) is 0.0458. The number of fused-ring (bicyclic) bond motifs is 1. The van der Waals surface area contributed by atoms with E-state index in [4.69, 9.17) is 0 Å². The summed E-state index contributed by atoms with van der Waals surface area (Å²) in [5, 5.41) is 37.9. The number of aromatic amines is 2. The fourth-order valence-electron chi connectivity index (χ4n) is 6.57. The topological polar surface area (TPSA) is 323 Å². The first-order chi connectivity index (χ1) is 30.3. The predicted octanol–water partition coefficient (Wildman–Crippen LogP) is -0.399. The highest BCUT2D eigenvalue weighted by molar-refractivity contribution is 7.80. The standard InChI is InChI=1S/C41H58N10O11S2/c1-6-21(4)34(40(60)49-30(41(61)62)12-23-15-43-26-10-8-7-9-25(23)26)51-39(59)32(18-64)50-37(57)29(14-33(53)54)48-35(55)27(11-20(2)3)46-36(56)28(13-24-16-42-19-44-24)47-38(58)31(17-63)45-22(5)52/h7-10,15-16,19-21,27-32,34,43,63-64H,6,11-14,17-18H2,1-5H3,(H,42,44)(H,45,52)(H,46,56)(H,47,58)(H,48,55)(H,49,60)(H,50,57)(H,51,59)(H,53,54)(H,61,62)/t21-,27-,28-,29-,30-,31-,32-,34-/m0/s1. The number of hydrogen-bond donors (Lipinski definition) is 13. The van der Waals surface area contributed by atoms with Gasteiger partial charge in [-0.1, -0.05) is 52.3 Å². The van der Waals surface area contributed by atoms with E-state index in [9.17, 15) is 53.4 Å². The van der Waals surface area contributed by atoms with Crippen molar-refractivity contribution in [1.82, 2.24) is 52.2 Å². The number of aliphatic carboxylic acids is 2. The zero-order valence-corrected chi connectivity index (χ0v) is 37.9. The summed E-state index contributed by atoms with van der Waals surface area (Å²) in [6, 6.07) is -2.42. The summed E-state index contributed by atoms with van der Waals surface area (Å²) in [5.41, 5.74) is 1.87. The summed E-state index contributed by atoms with van der Waals surface area (Å²) < 4.78 is 0. The molecule has 3 aromatic rings. The third kappa shape index (κ3) is 15.9. The molecule has 0 bridgehead atoms. The van der Waals surface area contributed by atoms with Crippen molar-refractivity contribution in [1.29, 1.82) is 0 Å². The van der Waals surface area contributed by atoms with Gasteiger partial charge in [-0.2, -0.15) is 25.3 Å². The summed E-state index contributed by atoms with van der Waals surface area (Å²) in [7, 11) is 0. The van der Waals surface area contributed by atoms with Crippen LogP contribution in [0.25, 0.3) is 10.9 Å². The second-order valence-corrected chi connectivity index (χ2v) is 16.4. The van der Waals surface area contributed by atoms with Crippen molar-refractivity contribution >= 4 is 89.4 Å². The monoisotopic (exact) mass is 930 g/mol. The van der Waals surface area contributed by atoms with Crippen molar-refractivity contribution in [2.45, 2.75) is 109 Å². The van der Waals surface area contributed by atoms with E-state index >= 15 is 0 Å². The third-order valence-corrected chi connectivity index (χ3v) is 10.9. The number of nitrogens with zero attached hydrogens (tertiary/aromatic N) is 1. The Morgan fingerprint density at radius 2 is 1.22 bits per heavy atom. The van der Waals surface area contributed by atoms with Crippen LogP contribution in [0.5, 0.6) is 0 Å². The molecule has 2 heterocycles. The molecule has 0 unspecified atom stereocenters. The van der Waals surface area contributed by atoms with E-state index in [2.05, 4.69) is 77.4 Å². The molecule has 8 atom stereocenters. The maximum atomic E-state index is 13.8. The number of H-pyrrole nitrogens is 2. The lowest BCUT2D eigenvalue weighted by molar-refractivity contribution is -0.142. The van der Waals surface area contributed by atoms with Crippen LogP contribution < -0.4 is 37.2 Å². The molecule has 11 N–H and O–H groups in total. The lowest BCUT2D eigenvalue weighted by Crippen LogP contribution is -2.61. The molecule has 0 radical (unpaired) electrons. The second kappa shape index (κ2) is 25.3. The number of amides is 7. The second-order valence-electron chi connectivity index (χ2n) is 15.7. The summed E-state index contributed by atoms with van der Waals surface area (Å²) in [6.45, 7) is 8.12. The number of nitrogens with one attached hydrogen (secondary N) is 9. The zero-order chi connectivity index (χ0) is 47.7. The molecule has 1 aromatic carbocycles. The van der Waals surface area contributed by atoms with Gasteiger partial charge in [0.2, 0.25) is 41.4 Å². The number of thiol groups is 2. The Hall–Kier alpha value is -6.10. The van der Waals surface area contributed by atoms with E-state index in [1.165, 1.54) is 19.4 Å². The highest BCUT2D eigenvalue weighted by Gasteiger charge is 2.36. The van der Waals surface area contributed by atoms with Gasteiger partial charge >= 0.3 is 11.9 Å². The lowest BCUT2D eigenvalue weighted by atomic mass is 9.97. The van der Waals surface area contributed by atoms with Crippen molar-refractivity contribution in [2.24, 2.45) is 11.8 Å². The minimum absolute atomic E-state index is 0.000117. The Labute approximate surface area is 380 Å². The summed E-state index contributed by atoms with van der Waals surface area (Å²) in [4.78, 5) is 127. The van der Waals surface area contributed by atoms with Crippen LogP contribution in [-0.2, 0) is 56.0 Å². The first-order valence-corrected chi connectivity index (χ1v) is 21.8. The number of rotatable bonds is 26. The third-order valence-electron chi connectivity index (χ3n) is 10.2. The molecule has 23 heteroatoms. The van der Waals surface area contributed by atoms with Crippen LogP contribution in [-0.4, -0.2) is 132 Å². The lowest BCUT2D eigenvalue weighted by Gasteiger charge is -2.28. The molecule has 0 saturated heterocycles. The Balaban J connectivity index is 1.78. The van der Waals surface area contributed by atoms with Gasteiger partial charge in [-0.15, -0.1) is 0 Å². The van der Waals surface area contributed by atoms with E-state index in [-0.39, 0.29) is 36.7 Å². The van der Waals surface area contributed by atoms with E-state index in [1.807, 2.05) is 18.2 Å². The Morgan fingerprint density at radius 3 is 1.80 bits per heavy atom. The highest BCUT2D eigenvalue weighted by Crippen LogP contribution is 2.20. The number of carbonyl (C=O) groups is 9. The number of hydrogen-bond acceptors (Lipinski definition) is 12. The van der Waals surface area contributed by atoms with E-state index in [0.717, 1.165) is 10.9 Å². The molecule has 0 aliphatic rings. The van der Waals surface area contributed by atoms with E-state index < -0.39 is 108 Å². The van der Waals surface area contributed by atoms with Crippen molar-refractivity contribution in [3.8, 4) is 0 Å². The van der Waals surface area contributed by atoms with E-state index in [0.29, 0.717) is 17.7 Å². The number of benzene rings is 1. The number of carbonyl (C=O) groups excluding carboxylic acids is 7. The van der Waals surface area contributed by atoms with Crippen molar-refractivity contribution in [3.05, 3.63) is 54.2 Å². The van der Waals surface area contributed by atoms with Gasteiger partial charge in [0, 0.05) is 60.3 Å².